The van der Waals surface area contributed by atoms with Crippen molar-refractivity contribution in [1.82, 2.24) is 9.55 Å². The van der Waals surface area contributed by atoms with Crippen LogP contribution in [-0.4, -0.2) is 43.9 Å². The lowest BCUT2D eigenvalue weighted by molar-refractivity contribution is 0.0630. The van der Waals surface area contributed by atoms with Crippen LogP contribution in [0.3, 0.4) is 0 Å². The van der Waals surface area contributed by atoms with Crippen LogP contribution >= 0.6 is 34.4 Å². The Labute approximate surface area is 118 Å². The van der Waals surface area contributed by atoms with Gasteiger partial charge in [-0.25, -0.2) is 9.18 Å². The van der Waals surface area contributed by atoms with Crippen LogP contribution < -0.4 is 11.2 Å². The third kappa shape index (κ3) is 2.36. The van der Waals surface area contributed by atoms with Crippen LogP contribution in [0.1, 0.15) is 5.37 Å². The average Bonchev–Trinajstić information content (AvgIpc) is 2.61. The average molecular weight is 388 g/mol. The predicted molar refractivity (Wildman–Crippen MR) is 72.4 cm³/mol. The molecular weight excluding hydrogens is 378 g/mol. The largest absolute Gasteiger partial charge is 0.395 e. The van der Waals surface area contributed by atoms with Gasteiger partial charge >= 0.3 is 5.69 Å². The summed E-state index contributed by atoms with van der Waals surface area (Å²) in [6, 6.07) is 0. The van der Waals surface area contributed by atoms with Gasteiger partial charge in [0.1, 0.15) is 11.5 Å². The maximum atomic E-state index is 13.9. The Balaban J connectivity index is 2.42. The van der Waals surface area contributed by atoms with Gasteiger partial charge in [-0.3, -0.25) is 14.3 Å². The molecule has 2 rings (SSSR count). The van der Waals surface area contributed by atoms with Gasteiger partial charge in [-0.2, -0.15) is 0 Å². The van der Waals surface area contributed by atoms with Crippen molar-refractivity contribution in [1.29, 1.82) is 0 Å². The fourth-order valence-electron chi connectivity index (χ4n) is 1.73. The molecule has 2 heterocycles. The molecule has 1 aromatic heterocycles. The second kappa shape index (κ2) is 5.31. The van der Waals surface area contributed by atoms with E-state index < -0.39 is 34.1 Å². The highest BCUT2D eigenvalue weighted by Gasteiger charge is 2.44. The van der Waals surface area contributed by atoms with E-state index in [0.717, 1.165) is 16.3 Å². The van der Waals surface area contributed by atoms with Crippen molar-refractivity contribution in [2.24, 2.45) is 0 Å². The number of nitrogens with one attached hydrogen (secondary N) is 1. The van der Waals surface area contributed by atoms with Crippen molar-refractivity contribution >= 4 is 34.4 Å². The van der Waals surface area contributed by atoms with Crippen LogP contribution in [0.4, 0.5) is 4.39 Å². The number of rotatable bonds is 2. The van der Waals surface area contributed by atoms with Gasteiger partial charge in [0, 0.05) is 6.20 Å². The lowest BCUT2D eigenvalue weighted by atomic mass is 10.1. The quantitative estimate of drug-likeness (QED) is 0.591. The Morgan fingerprint density at radius 2 is 2.22 bits per heavy atom. The molecule has 3 N–H and O–H groups in total. The number of aromatic nitrogens is 2. The van der Waals surface area contributed by atoms with Gasteiger partial charge in [-0.15, -0.1) is 11.8 Å². The zero-order valence-electron chi connectivity index (χ0n) is 8.92. The SMILES string of the molecule is O=c1[nH]c(=O)n([C@H]2S[C@@H](CO)[C@H](O)[C@H]2F)cc1I. The van der Waals surface area contributed by atoms with E-state index in [1.165, 1.54) is 6.20 Å². The van der Waals surface area contributed by atoms with Crippen molar-refractivity contribution in [3.63, 3.8) is 0 Å². The molecular formula is C9H10FIN2O4S. The summed E-state index contributed by atoms with van der Waals surface area (Å²) in [7, 11) is 0. The minimum absolute atomic E-state index is 0.252. The molecule has 6 nitrogen and oxygen atoms in total. The molecule has 9 heteroatoms. The van der Waals surface area contributed by atoms with Crippen molar-refractivity contribution in [3.8, 4) is 0 Å². The number of H-pyrrole nitrogens is 1. The first kappa shape index (κ1) is 14.0. The first-order chi connectivity index (χ1) is 8.45. The second-order valence-corrected chi connectivity index (χ2v) is 6.35. The molecule has 0 spiro atoms. The van der Waals surface area contributed by atoms with Crippen LogP contribution in [0.5, 0.6) is 0 Å². The summed E-state index contributed by atoms with van der Waals surface area (Å²) in [5.74, 6) is 0. The molecule has 18 heavy (non-hydrogen) atoms. The normalized spacial score (nSPS) is 31.8. The molecule has 1 saturated heterocycles. The Bertz CT molecular complexity index is 562. The summed E-state index contributed by atoms with van der Waals surface area (Å²) in [4.78, 5) is 24.9. The van der Waals surface area contributed by atoms with E-state index in [-0.39, 0.29) is 10.2 Å². The third-order valence-corrected chi connectivity index (χ3v) is 4.98. The van der Waals surface area contributed by atoms with Gasteiger partial charge in [0.05, 0.1) is 15.4 Å². The van der Waals surface area contributed by atoms with Gasteiger partial charge in [0.2, 0.25) is 0 Å². The highest BCUT2D eigenvalue weighted by molar-refractivity contribution is 14.1. The van der Waals surface area contributed by atoms with E-state index in [1.54, 1.807) is 22.6 Å². The van der Waals surface area contributed by atoms with E-state index in [1.807, 2.05) is 0 Å². The van der Waals surface area contributed by atoms with Gasteiger partial charge < -0.3 is 10.2 Å². The number of halogens is 2. The molecule has 1 aliphatic heterocycles. The molecule has 0 unspecified atom stereocenters. The molecule has 4 atom stereocenters. The lowest BCUT2D eigenvalue weighted by Crippen LogP contribution is -2.36. The topological polar surface area (TPSA) is 95.3 Å². The first-order valence-electron chi connectivity index (χ1n) is 5.05. The summed E-state index contributed by atoms with van der Waals surface area (Å²) in [6.45, 7) is -0.377. The van der Waals surface area contributed by atoms with E-state index >= 15 is 0 Å². The third-order valence-electron chi connectivity index (χ3n) is 2.67. The number of thioether (sulfide) groups is 1. The summed E-state index contributed by atoms with van der Waals surface area (Å²) in [6.07, 6.45) is -1.76. The maximum Gasteiger partial charge on any atom is 0.329 e. The Morgan fingerprint density at radius 1 is 1.56 bits per heavy atom. The Hall–Kier alpha value is -0.390. The van der Waals surface area contributed by atoms with Gasteiger partial charge in [0.25, 0.3) is 5.56 Å². The zero-order chi connectivity index (χ0) is 13.4. The van der Waals surface area contributed by atoms with Crippen LogP contribution in [0.25, 0.3) is 0 Å². The van der Waals surface area contributed by atoms with E-state index in [2.05, 4.69) is 4.98 Å². The summed E-state index contributed by atoms with van der Waals surface area (Å²) in [5, 5.41) is 16.9. The number of nitrogens with zero attached hydrogens (tertiary/aromatic N) is 1. The minimum atomic E-state index is -1.67. The molecule has 0 radical (unpaired) electrons. The standard InChI is InChI=1S/C9H10FIN2O4S/c10-5-6(15)4(2-14)18-8(5)13-1-3(11)7(16)12-9(13)17/h1,4-6,8,14-15H,2H2,(H,12,16,17)/t4-,5+,6-,8-/m0/s1. The van der Waals surface area contributed by atoms with Crippen molar-refractivity contribution in [2.75, 3.05) is 6.61 Å². The smallest absolute Gasteiger partial charge is 0.329 e. The predicted octanol–water partition coefficient (Wildman–Crippen LogP) is -0.553. The van der Waals surface area contributed by atoms with Gasteiger partial charge in [-0.1, -0.05) is 0 Å². The molecule has 0 amide bonds. The number of aliphatic hydroxyl groups is 2. The Kier molecular flexibility index (Phi) is 4.14. The molecule has 1 aliphatic rings. The van der Waals surface area contributed by atoms with E-state index in [0.29, 0.717) is 0 Å². The molecule has 1 fully saturated rings. The monoisotopic (exact) mass is 388 g/mol. The minimum Gasteiger partial charge on any atom is -0.395 e. The van der Waals surface area contributed by atoms with Gasteiger partial charge in [0.15, 0.2) is 6.17 Å². The van der Waals surface area contributed by atoms with Crippen LogP contribution in [0, 0.1) is 3.57 Å². The molecule has 100 valence electrons. The van der Waals surface area contributed by atoms with E-state index in [4.69, 9.17) is 5.11 Å². The molecule has 0 saturated carbocycles. The van der Waals surface area contributed by atoms with Gasteiger partial charge in [-0.05, 0) is 22.6 Å². The number of aromatic amines is 1. The maximum absolute atomic E-state index is 13.9. The summed E-state index contributed by atoms with van der Waals surface area (Å²) in [5.41, 5.74) is -1.26. The van der Waals surface area contributed by atoms with Crippen LogP contribution in [0.2, 0.25) is 0 Å². The number of aliphatic hydroxyl groups excluding tert-OH is 2. The first-order valence-corrected chi connectivity index (χ1v) is 7.07. The highest BCUT2D eigenvalue weighted by atomic mass is 127. The van der Waals surface area contributed by atoms with Crippen molar-refractivity contribution < 1.29 is 14.6 Å². The molecule has 0 aromatic carbocycles. The van der Waals surface area contributed by atoms with Crippen LogP contribution in [-0.2, 0) is 0 Å². The Morgan fingerprint density at radius 3 is 2.78 bits per heavy atom. The summed E-state index contributed by atoms with van der Waals surface area (Å²) < 4.78 is 15.2. The number of hydrogen-bond acceptors (Lipinski definition) is 5. The van der Waals surface area contributed by atoms with Crippen molar-refractivity contribution in [3.05, 3.63) is 30.6 Å². The fraction of sp³-hybridized carbons (Fsp3) is 0.556. The number of hydrogen-bond donors (Lipinski definition) is 3. The fourth-order valence-corrected chi connectivity index (χ4v) is 3.52. The number of alkyl halides is 1. The molecule has 0 aliphatic carbocycles. The van der Waals surface area contributed by atoms with Crippen molar-refractivity contribution in [2.45, 2.75) is 22.9 Å². The molecule has 1 aromatic rings. The highest BCUT2D eigenvalue weighted by Crippen LogP contribution is 2.42. The van der Waals surface area contributed by atoms with E-state index in [9.17, 15) is 19.1 Å². The summed E-state index contributed by atoms with van der Waals surface area (Å²) >= 11 is 2.70. The zero-order valence-corrected chi connectivity index (χ0v) is 11.9. The second-order valence-electron chi connectivity index (χ2n) is 3.83. The molecule has 0 bridgehead atoms. The van der Waals surface area contributed by atoms with Crippen LogP contribution in [0.15, 0.2) is 15.8 Å². The lowest BCUT2D eigenvalue weighted by Gasteiger charge is -2.15.